The van der Waals surface area contributed by atoms with Crippen LogP contribution in [0.15, 0.2) is 58.3 Å². The molecule has 6 nitrogen and oxygen atoms in total. The van der Waals surface area contributed by atoms with Gasteiger partial charge in [0.15, 0.2) is 10.9 Å². The van der Waals surface area contributed by atoms with Crippen LogP contribution in [0.2, 0.25) is 0 Å². The summed E-state index contributed by atoms with van der Waals surface area (Å²) in [7, 11) is 1.95. The first kappa shape index (κ1) is 20.7. The highest BCUT2D eigenvalue weighted by Crippen LogP contribution is 2.27. The molecule has 0 saturated heterocycles. The number of benzene rings is 1. The summed E-state index contributed by atoms with van der Waals surface area (Å²) >= 11 is 1.45. The van der Waals surface area contributed by atoms with Gasteiger partial charge < -0.3 is 9.32 Å². The first-order valence-corrected chi connectivity index (χ1v) is 11.6. The summed E-state index contributed by atoms with van der Waals surface area (Å²) in [4.78, 5) is 14.8. The van der Waals surface area contributed by atoms with Crippen molar-refractivity contribution >= 4 is 17.7 Å². The second kappa shape index (κ2) is 9.98. The molecular formula is C23H28N4O2S. The van der Waals surface area contributed by atoms with Gasteiger partial charge in [-0.15, -0.1) is 10.2 Å². The maximum atomic E-state index is 12.9. The molecule has 0 radical (unpaired) electrons. The monoisotopic (exact) mass is 424 g/mol. The molecule has 0 bridgehead atoms. The minimum atomic E-state index is 0.153. The highest BCUT2D eigenvalue weighted by atomic mass is 32.2. The Kier molecular flexibility index (Phi) is 6.89. The molecule has 0 aliphatic heterocycles. The van der Waals surface area contributed by atoms with Crippen LogP contribution in [0, 0.1) is 0 Å². The first-order chi connectivity index (χ1) is 14.7. The number of aromatic nitrogens is 3. The highest BCUT2D eigenvalue weighted by Gasteiger charge is 2.23. The number of nitrogens with zero attached hydrogens (tertiary/aromatic N) is 4. The third-order valence-corrected chi connectivity index (χ3v) is 6.68. The van der Waals surface area contributed by atoms with Crippen LogP contribution in [0.1, 0.15) is 44.1 Å². The van der Waals surface area contributed by atoms with Crippen molar-refractivity contribution in [3.05, 3.63) is 54.3 Å². The van der Waals surface area contributed by atoms with Crippen LogP contribution in [0.25, 0.3) is 11.6 Å². The van der Waals surface area contributed by atoms with Gasteiger partial charge in [-0.1, -0.05) is 67.8 Å². The normalized spacial score (nSPS) is 15.1. The Balaban J connectivity index is 1.48. The van der Waals surface area contributed by atoms with Crippen LogP contribution < -0.4 is 0 Å². The highest BCUT2D eigenvalue weighted by molar-refractivity contribution is 7.99. The molecule has 1 saturated carbocycles. The Bertz CT molecular complexity index is 932. The zero-order valence-corrected chi connectivity index (χ0v) is 18.2. The van der Waals surface area contributed by atoms with Gasteiger partial charge in [-0.3, -0.25) is 9.36 Å². The molecule has 4 rings (SSSR count). The number of furan rings is 1. The van der Waals surface area contributed by atoms with E-state index in [2.05, 4.69) is 22.3 Å². The maximum absolute atomic E-state index is 12.9. The van der Waals surface area contributed by atoms with Gasteiger partial charge in [0, 0.05) is 13.1 Å². The van der Waals surface area contributed by atoms with Crippen molar-refractivity contribution in [2.24, 2.45) is 0 Å². The number of thioether (sulfide) groups is 1. The molecule has 158 valence electrons. The lowest BCUT2D eigenvalue weighted by molar-refractivity contribution is -0.129. The van der Waals surface area contributed by atoms with E-state index < -0.39 is 0 Å². The van der Waals surface area contributed by atoms with E-state index in [-0.39, 0.29) is 5.91 Å². The van der Waals surface area contributed by atoms with Crippen molar-refractivity contribution in [1.82, 2.24) is 19.7 Å². The van der Waals surface area contributed by atoms with Crippen LogP contribution in [0.5, 0.6) is 0 Å². The van der Waals surface area contributed by atoms with Crippen molar-refractivity contribution in [2.75, 3.05) is 12.8 Å². The molecule has 1 aromatic carbocycles. The summed E-state index contributed by atoms with van der Waals surface area (Å²) in [6.07, 6.45) is 8.85. The summed E-state index contributed by atoms with van der Waals surface area (Å²) in [6.45, 7) is 0.624. The van der Waals surface area contributed by atoms with Gasteiger partial charge in [0.05, 0.1) is 18.6 Å². The molecule has 7 heteroatoms. The lowest BCUT2D eigenvalue weighted by Gasteiger charge is -2.27. The molecular weight excluding hydrogens is 396 g/mol. The van der Waals surface area contributed by atoms with Gasteiger partial charge in [0.25, 0.3) is 0 Å². The fourth-order valence-corrected chi connectivity index (χ4v) is 4.83. The molecule has 3 aromatic rings. The summed E-state index contributed by atoms with van der Waals surface area (Å²) < 4.78 is 7.58. The van der Waals surface area contributed by atoms with Crippen LogP contribution >= 0.6 is 11.8 Å². The van der Waals surface area contributed by atoms with Crippen LogP contribution in [-0.4, -0.2) is 44.4 Å². The summed E-state index contributed by atoms with van der Waals surface area (Å²) in [5.41, 5.74) is 1.15. The van der Waals surface area contributed by atoms with E-state index in [1.165, 1.54) is 37.4 Å². The fraction of sp³-hybridized carbons (Fsp3) is 0.435. The molecule has 0 N–H and O–H groups in total. The van der Waals surface area contributed by atoms with E-state index in [0.717, 1.165) is 23.6 Å². The molecule has 1 aliphatic carbocycles. The average molecular weight is 425 g/mol. The topological polar surface area (TPSA) is 64.2 Å². The van der Waals surface area contributed by atoms with Gasteiger partial charge in [-0.2, -0.15) is 0 Å². The number of carbonyl (C=O) groups is 1. The Labute approximate surface area is 181 Å². The third kappa shape index (κ3) is 4.95. The second-order valence-electron chi connectivity index (χ2n) is 7.79. The third-order valence-electron chi connectivity index (χ3n) is 5.73. The van der Waals surface area contributed by atoms with Crippen molar-refractivity contribution in [3.8, 4) is 11.6 Å². The van der Waals surface area contributed by atoms with Gasteiger partial charge >= 0.3 is 0 Å². The minimum absolute atomic E-state index is 0.153. The summed E-state index contributed by atoms with van der Waals surface area (Å²) in [5, 5.41) is 9.46. The van der Waals surface area contributed by atoms with Gasteiger partial charge in [0.2, 0.25) is 11.7 Å². The van der Waals surface area contributed by atoms with Gasteiger partial charge in [0.1, 0.15) is 0 Å². The van der Waals surface area contributed by atoms with Crippen molar-refractivity contribution < 1.29 is 9.21 Å². The Morgan fingerprint density at radius 1 is 1.10 bits per heavy atom. The van der Waals surface area contributed by atoms with E-state index in [1.54, 1.807) is 6.26 Å². The zero-order chi connectivity index (χ0) is 20.8. The zero-order valence-electron chi connectivity index (χ0n) is 17.4. The average Bonchev–Trinajstić information content (AvgIpc) is 3.35. The first-order valence-electron chi connectivity index (χ1n) is 10.6. The summed E-state index contributed by atoms with van der Waals surface area (Å²) in [5.74, 6) is 1.86. The Hall–Kier alpha value is -2.54. The lowest BCUT2D eigenvalue weighted by atomic mass is 10.1. The number of rotatable bonds is 7. The van der Waals surface area contributed by atoms with Crippen molar-refractivity contribution in [2.45, 2.75) is 56.3 Å². The molecule has 2 heterocycles. The van der Waals surface area contributed by atoms with Crippen LogP contribution in [-0.2, 0) is 11.3 Å². The van der Waals surface area contributed by atoms with Crippen molar-refractivity contribution in [3.63, 3.8) is 0 Å². The molecule has 30 heavy (non-hydrogen) atoms. The smallest absolute Gasteiger partial charge is 0.233 e. The van der Waals surface area contributed by atoms with E-state index in [9.17, 15) is 4.79 Å². The number of hydrogen-bond donors (Lipinski definition) is 0. The fourth-order valence-electron chi connectivity index (χ4n) is 3.97. The van der Waals surface area contributed by atoms with Gasteiger partial charge in [-0.05, 0) is 30.5 Å². The predicted molar refractivity (Wildman–Crippen MR) is 118 cm³/mol. The number of hydrogen-bond acceptors (Lipinski definition) is 5. The van der Waals surface area contributed by atoms with E-state index in [4.69, 9.17) is 4.42 Å². The molecule has 0 atom stereocenters. The van der Waals surface area contributed by atoms with E-state index in [0.29, 0.717) is 29.9 Å². The number of carbonyl (C=O) groups excluding carboxylic acids is 1. The Morgan fingerprint density at radius 2 is 1.87 bits per heavy atom. The standard InChI is InChI=1S/C23H28N4O2S/c1-26(19-12-7-2-3-8-13-19)21(28)17-30-23-25-24-22(20-14-9-15-29-20)27(23)16-18-10-5-4-6-11-18/h4-6,9-11,14-15,19H,2-3,7-8,12-13,16-17H2,1H3. The number of amides is 1. The summed E-state index contributed by atoms with van der Waals surface area (Å²) in [6, 6.07) is 14.3. The predicted octanol–water partition coefficient (Wildman–Crippen LogP) is 4.86. The van der Waals surface area contributed by atoms with Crippen LogP contribution in [0.3, 0.4) is 0 Å². The molecule has 0 spiro atoms. The maximum Gasteiger partial charge on any atom is 0.233 e. The van der Waals surface area contributed by atoms with Crippen molar-refractivity contribution in [1.29, 1.82) is 0 Å². The minimum Gasteiger partial charge on any atom is -0.461 e. The Morgan fingerprint density at radius 3 is 2.57 bits per heavy atom. The lowest BCUT2D eigenvalue weighted by Crippen LogP contribution is -2.37. The molecule has 1 amide bonds. The molecule has 1 fully saturated rings. The largest absolute Gasteiger partial charge is 0.461 e. The van der Waals surface area contributed by atoms with Crippen LogP contribution in [0.4, 0.5) is 0 Å². The molecule has 1 aliphatic rings. The van der Waals surface area contributed by atoms with E-state index in [1.807, 2.05) is 46.8 Å². The second-order valence-corrected chi connectivity index (χ2v) is 8.74. The van der Waals surface area contributed by atoms with Gasteiger partial charge in [-0.25, -0.2) is 0 Å². The van der Waals surface area contributed by atoms with E-state index >= 15 is 0 Å². The quantitative estimate of drug-likeness (QED) is 0.400. The molecule has 2 aromatic heterocycles. The molecule has 0 unspecified atom stereocenters. The SMILES string of the molecule is CN(C(=O)CSc1nnc(-c2ccco2)n1Cc1ccccc1)C1CCCCCC1.